The lowest BCUT2D eigenvalue weighted by Gasteiger charge is -2.26. The molecule has 1 heterocycles. The Bertz CT molecular complexity index is 397. The molecule has 1 aromatic rings. The second-order valence-corrected chi connectivity index (χ2v) is 5.89. The van der Waals surface area contributed by atoms with E-state index in [0.29, 0.717) is 0 Å². The fourth-order valence-corrected chi connectivity index (χ4v) is 3.17. The lowest BCUT2D eigenvalue weighted by Crippen LogP contribution is -2.15. The predicted octanol–water partition coefficient (Wildman–Crippen LogP) is 4.32. The molecule has 1 fully saturated rings. The highest BCUT2D eigenvalue weighted by atomic mass is 32.1. The molecule has 0 bridgehead atoms. The van der Waals surface area contributed by atoms with Gasteiger partial charge in [0.1, 0.15) is 0 Å². The smallest absolute Gasteiger partial charge is 0.177 e. The molecule has 0 saturated heterocycles. The molecule has 0 amide bonds. The maximum absolute atomic E-state index is 5.33. The third kappa shape index (κ3) is 3.21. The van der Waals surface area contributed by atoms with Crippen LogP contribution in [-0.2, 0) is 13.0 Å². The van der Waals surface area contributed by atoms with Gasteiger partial charge in [-0.25, -0.2) is 0 Å². The van der Waals surface area contributed by atoms with Crippen LogP contribution in [0.25, 0.3) is 0 Å². The molecule has 96 valence electrons. The van der Waals surface area contributed by atoms with Gasteiger partial charge < -0.3 is 9.55 Å². The molecule has 2 rings (SSSR count). The number of nitrogens with zero attached hydrogens (tertiary/aromatic N) is 1. The van der Waals surface area contributed by atoms with E-state index in [1.165, 1.54) is 37.8 Å². The lowest BCUT2D eigenvalue weighted by atomic mass is 9.81. The average molecular weight is 252 g/mol. The highest BCUT2D eigenvalue weighted by molar-refractivity contribution is 7.71. The minimum absolute atomic E-state index is 0.894. The first-order valence-corrected chi connectivity index (χ1v) is 7.38. The zero-order valence-electron chi connectivity index (χ0n) is 11.0. The van der Waals surface area contributed by atoms with Crippen molar-refractivity contribution in [3.8, 4) is 0 Å². The van der Waals surface area contributed by atoms with E-state index in [9.17, 15) is 0 Å². The lowest BCUT2D eigenvalue weighted by molar-refractivity contribution is 0.268. The summed E-state index contributed by atoms with van der Waals surface area (Å²) in [5, 5.41) is 0. The van der Waals surface area contributed by atoms with Gasteiger partial charge in [0.05, 0.1) is 0 Å². The van der Waals surface area contributed by atoms with E-state index in [1.54, 1.807) is 0 Å². The molecule has 0 spiro atoms. The predicted molar refractivity (Wildman–Crippen MR) is 74.7 cm³/mol. The van der Waals surface area contributed by atoms with Gasteiger partial charge in [-0.05, 0) is 36.9 Å². The fraction of sp³-hybridized carbons (Fsp3) is 0.786. The van der Waals surface area contributed by atoms with Crippen LogP contribution in [0.4, 0.5) is 0 Å². The third-order valence-corrected chi connectivity index (χ3v) is 4.55. The summed E-state index contributed by atoms with van der Waals surface area (Å²) in [4.78, 5) is 3.16. The minimum atomic E-state index is 0.894. The number of aromatic nitrogens is 2. The molecule has 0 aliphatic heterocycles. The van der Waals surface area contributed by atoms with Crippen LogP contribution in [0.15, 0.2) is 6.20 Å². The second-order valence-electron chi connectivity index (χ2n) is 5.50. The Hall–Kier alpha value is -0.570. The minimum Gasteiger partial charge on any atom is -0.337 e. The Morgan fingerprint density at radius 1 is 1.35 bits per heavy atom. The number of nitrogens with one attached hydrogen (secondary N) is 1. The van der Waals surface area contributed by atoms with Crippen molar-refractivity contribution in [3.63, 3.8) is 0 Å². The maximum Gasteiger partial charge on any atom is 0.177 e. The van der Waals surface area contributed by atoms with Crippen LogP contribution in [0.3, 0.4) is 0 Å². The zero-order valence-corrected chi connectivity index (χ0v) is 11.9. The van der Waals surface area contributed by atoms with Crippen LogP contribution in [0, 0.1) is 16.6 Å². The summed E-state index contributed by atoms with van der Waals surface area (Å²) in [5.41, 5.74) is 1.35. The van der Waals surface area contributed by atoms with Gasteiger partial charge in [0.2, 0.25) is 0 Å². The molecule has 0 radical (unpaired) electrons. The van der Waals surface area contributed by atoms with E-state index in [0.717, 1.165) is 29.6 Å². The van der Waals surface area contributed by atoms with Crippen LogP contribution >= 0.6 is 12.2 Å². The first kappa shape index (κ1) is 12.9. The first-order chi connectivity index (χ1) is 8.20. The largest absolute Gasteiger partial charge is 0.337 e. The Kier molecular flexibility index (Phi) is 4.43. The van der Waals surface area contributed by atoms with Crippen LogP contribution in [0.1, 0.15) is 51.6 Å². The Morgan fingerprint density at radius 3 is 2.71 bits per heavy atom. The zero-order chi connectivity index (χ0) is 12.3. The molecule has 1 N–H and O–H groups in total. The van der Waals surface area contributed by atoms with E-state index in [-0.39, 0.29) is 0 Å². The molecule has 1 aromatic heterocycles. The number of aromatic amines is 1. The monoisotopic (exact) mass is 252 g/mol. The van der Waals surface area contributed by atoms with E-state index in [1.807, 2.05) is 0 Å². The molecule has 1 saturated carbocycles. The maximum atomic E-state index is 5.33. The summed E-state index contributed by atoms with van der Waals surface area (Å²) in [5.74, 6) is 1.87. The summed E-state index contributed by atoms with van der Waals surface area (Å²) in [6, 6.07) is 0. The molecule has 1 aliphatic rings. The van der Waals surface area contributed by atoms with Crippen LogP contribution in [0.2, 0.25) is 0 Å². The summed E-state index contributed by atoms with van der Waals surface area (Å²) in [7, 11) is 0. The van der Waals surface area contributed by atoms with Crippen molar-refractivity contribution in [2.45, 2.75) is 58.9 Å². The number of aryl methyl sites for hydroxylation is 1. The molecule has 1 aliphatic carbocycles. The molecule has 17 heavy (non-hydrogen) atoms. The number of hydrogen-bond acceptors (Lipinski definition) is 1. The summed E-state index contributed by atoms with van der Waals surface area (Å²) in [6.45, 7) is 5.68. The second kappa shape index (κ2) is 5.85. The van der Waals surface area contributed by atoms with Gasteiger partial charge >= 0.3 is 0 Å². The molecule has 0 atom stereocenters. The number of imidazole rings is 1. The van der Waals surface area contributed by atoms with E-state index in [2.05, 4.69) is 29.6 Å². The van der Waals surface area contributed by atoms with Crippen molar-refractivity contribution in [2.75, 3.05) is 0 Å². The summed E-state index contributed by atoms with van der Waals surface area (Å²) < 4.78 is 3.18. The van der Waals surface area contributed by atoms with Crippen LogP contribution < -0.4 is 0 Å². The van der Waals surface area contributed by atoms with E-state index >= 15 is 0 Å². The molecular weight excluding hydrogens is 228 g/mol. The average Bonchev–Trinajstić information content (AvgIpc) is 2.69. The van der Waals surface area contributed by atoms with Crippen molar-refractivity contribution < 1.29 is 0 Å². The standard InChI is InChI=1S/C14H24N2S/c1-3-13-10-15-14(17)16(13)9-8-12-6-4-11(2)5-7-12/h10-12H,3-9H2,1-2H3,(H,15,17). The van der Waals surface area contributed by atoms with Crippen molar-refractivity contribution >= 4 is 12.2 Å². The van der Waals surface area contributed by atoms with Gasteiger partial charge in [-0.2, -0.15) is 0 Å². The van der Waals surface area contributed by atoms with Crippen molar-refractivity contribution in [1.82, 2.24) is 9.55 Å². The van der Waals surface area contributed by atoms with Gasteiger partial charge in [0.15, 0.2) is 4.77 Å². The van der Waals surface area contributed by atoms with Gasteiger partial charge in [-0.3, -0.25) is 0 Å². The Morgan fingerprint density at radius 2 is 2.06 bits per heavy atom. The summed E-state index contributed by atoms with van der Waals surface area (Å²) in [6.07, 6.45) is 10.1. The topological polar surface area (TPSA) is 20.7 Å². The third-order valence-electron chi connectivity index (χ3n) is 4.21. The van der Waals surface area contributed by atoms with Crippen molar-refractivity contribution in [1.29, 1.82) is 0 Å². The van der Waals surface area contributed by atoms with E-state index in [4.69, 9.17) is 12.2 Å². The Balaban J connectivity index is 1.89. The molecule has 0 aromatic carbocycles. The van der Waals surface area contributed by atoms with E-state index < -0.39 is 0 Å². The number of H-pyrrole nitrogens is 1. The molecule has 3 heteroatoms. The van der Waals surface area contributed by atoms with Gasteiger partial charge in [0, 0.05) is 18.4 Å². The van der Waals surface area contributed by atoms with Gasteiger partial charge in [-0.1, -0.05) is 39.5 Å². The number of hydrogen-bond donors (Lipinski definition) is 1. The SMILES string of the molecule is CCc1c[nH]c(=S)n1CCC1CCC(C)CC1. The van der Waals surface area contributed by atoms with Crippen molar-refractivity contribution in [3.05, 3.63) is 16.7 Å². The molecule has 2 nitrogen and oxygen atoms in total. The highest BCUT2D eigenvalue weighted by Crippen LogP contribution is 2.30. The van der Waals surface area contributed by atoms with Crippen molar-refractivity contribution in [2.24, 2.45) is 11.8 Å². The molecule has 0 unspecified atom stereocenters. The molecular formula is C14H24N2S. The number of rotatable bonds is 4. The Labute approximate surface area is 109 Å². The normalized spacial score (nSPS) is 25.1. The summed E-state index contributed by atoms with van der Waals surface area (Å²) >= 11 is 5.33. The van der Waals surface area contributed by atoms with Crippen LogP contribution in [0.5, 0.6) is 0 Å². The highest BCUT2D eigenvalue weighted by Gasteiger charge is 2.18. The van der Waals surface area contributed by atoms with Gasteiger partial charge in [0.25, 0.3) is 0 Å². The van der Waals surface area contributed by atoms with Gasteiger partial charge in [-0.15, -0.1) is 0 Å². The first-order valence-electron chi connectivity index (χ1n) is 6.97. The quantitative estimate of drug-likeness (QED) is 0.791. The van der Waals surface area contributed by atoms with Crippen LogP contribution in [-0.4, -0.2) is 9.55 Å². The fourth-order valence-electron chi connectivity index (χ4n) is 2.90.